The third kappa shape index (κ3) is 4.56. The summed E-state index contributed by atoms with van der Waals surface area (Å²) >= 11 is 0. The molecule has 0 saturated carbocycles. The zero-order valence-corrected chi connectivity index (χ0v) is 17.3. The van der Waals surface area contributed by atoms with Crippen LogP contribution in [-0.2, 0) is 4.79 Å². The number of anilines is 1. The average Bonchev–Trinajstić information content (AvgIpc) is 2.79. The number of piperazine rings is 1. The third-order valence-electron chi connectivity index (χ3n) is 5.26. The normalized spacial score (nSPS) is 13.9. The van der Waals surface area contributed by atoms with Gasteiger partial charge in [-0.05, 0) is 49.7 Å². The Hall–Kier alpha value is -3.48. The van der Waals surface area contributed by atoms with Gasteiger partial charge in [-0.3, -0.25) is 9.78 Å². The summed E-state index contributed by atoms with van der Waals surface area (Å²) in [5.74, 6) is 1.59. The fraction of sp³-hybridized carbons (Fsp3) is 0.304. The van der Waals surface area contributed by atoms with E-state index in [4.69, 9.17) is 4.74 Å². The maximum absolute atomic E-state index is 12.5. The second kappa shape index (κ2) is 8.90. The highest BCUT2D eigenvalue weighted by Crippen LogP contribution is 2.20. The number of aromatic nitrogens is 3. The Balaban J connectivity index is 1.29. The smallest absolute Gasteiger partial charge is 0.260 e. The number of amides is 1. The molecule has 1 aliphatic rings. The van der Waals surface area contributed by atoms with Crippen LogP contribution in [0.5, 0.6) is 5.75 Å². The first kappa shape index (κ1) is 19.8. The van der Waals surface area contributed by atoms with Crippen molar-refractivity contribution in [1.82, 2.24) is 20.1 Å². The van der Waals surface area contributed by atoms with Gasteiger partial charge in [0.15, 0.2) is 12.4 Å². The van der Waals surface area contributed by atoms with Crippen LogP contribution in [0.25, 0.3) is 11.3 Å². The maximum Gasteiger partial charge on any atom is 0.260 e. The molecular formula is C23H25N5O2. The van der Waals surface area contributed by atoms with Crippen LogP contribution in [0.15, 0.2) is 54.9 Å². The molecule has 0 atom stereocenters. The van der Waals surface area contributed by atoms with Gasteiger partial charge in [-0.2, -0.15) is 0 Å². The number of nitrogens with zero attached hydrogens (tertiary/aromatic N) is 5. The van der Waals surface area contributed by atoms with Gasteiger partial charge in [-0.25, -0.2) is 0 Å². The van der Waals surface area contributed by atoms with Gasteiger partial charge >= 0.3 is 0 Å². The van der Waals surface area contributed by atoms with E-state index in [9.17, 15) is 4.79 Å². The first-order chi connectivity index (χ1) is 14.6. The Morgan fingerprint density at radius 3 is 2.40 bits per heavy atom. The third-order valence-corrected chi connectivity index (χ3v) is 5.26. The zero-order chi connectivity index (χ0) is 20.9. The minimum Gasteiger partial charge on any atom is -0.484 e. The van der Waals surface area contributed by atoms with E-state index < -0.39 is 0 Å². The number of hydrogen-bond acceptors (Lipinski definition) is 6. The van der Waals surface area contributed by atoms with Crippen molar-refractivity contribution in [2.24, 2.45) is 0 Å². The Morgan fingerprint density at radius 1 is 0.967 bits per heavy atom. The van der Waals surface area contributed by atoms with Crippen molar-refractivity contribution in [3.05, 3.63) is 66.0 Å². The molecule has 0 radical (unpaired) electrons. The predicted molar refractivity (Wildman–Crippen MR) is 115 cm³/mol. The molecule has 2 aromatic heterocycles. The Morgan fingerprint density at radius 2 is 1.73 bits per heavy atom. The number of hydrogen-bond donors (Lipinski definition) is 0. The number of carbonyl (C=O) groups excluding carboxylic acids is 1. The van der Waals surface area contributed by atoms with Crippen LogP contribution in [0, 0.1) is 13.8 Å². The maximum atomic E-state index is 12.5. The topological polar surface area (TPSA) is 71.5 Å². The van der Waals surface area contributed by atoms with Gasteiger partial charge in [0.25, 0.3) is 5.91 Å². The first-order valence-electron chi connectivity index (χ1n) is 10.1. The molecule has 0 unspecified atom stereocenters. The lowest BCUT2D eigenvalue weighted by atomic mass is 10.1. The second-order valence-electron chi connectivity index (χ2n) is 7.44. The fourth-order valence-electron chi connectivity index (χ4n) is 3.55. The van der Waals surface area contributed by atoms with E-state index in [1.54, 1.807) is 12.4 Å². The summed E-state index contributed by atoms with van der Waals surface area (Å²) in [5.41, 5.74) is 4.03. The summed E-state index contributed by atoms with van der Waals surface area (Å²) in [5, 5.41) is 8.70. The molecule has 0 bridgehead atoms. The number of benzene rings is 1. The second-order valence-corrected chi connectivity index (χ2v) is 7.44. The molecule has 7 heteroatoms. The first-order valence-corrected chi connectivity index (χ1v) is 10.1. The van der Waals surface area contributed by atoms with Gasteiger partial charge in [0.1, 0.15) is 5.75 Å². The molecule has 1 fully saturated rings. The highest BCUT2D eigenvalue weighted by atomic mass is 16.5. The minimum absolute atomic E-state index is 0.00810. The molecular weight excluding hydrogens is 378 g/mol. The van der Waals surface area contributed by atoms with E-state index in [0.29, 0.717) is 13.1 Å². The van der Waals surface area contributed by atoms with E-state index in [1.807, 2.05) is 55.1 Å². The van der Waals surface area contributed by atoms with Crippen LogP contribution in [0.2, 0.25) is 0 Å². The minimum atomic E-state index is 0.00810. The fourth-order valence-corrected chi connectivity index (χ4v) is 3.55. The molecule has 1 aliphatic heterocycles. The Labute approximate surface area is 176 Å². The van der Waals surface area contributed by atoms with Crippen molar-refractivity contribution in [3.8, 4) is 17.0 Å². The van der Waals surface area contributed by atoms with Gasteiger partial charge in [-0.15, -0.1) is 10.2 Å². The van der Waals surface area contributed by atoms with E-state index in [1.165, 1.54) is 5.56 Å². The molecule has 4 rings (SSSR count). The molecule has 0 aliphatic carbocycles. The average molecular weight is 403 g/mol. The molecule has 1 saturated heterocycles. The molecule has 1 aromatic carbocycles. The molecule has 0 N–H and O–H groups in total. The Bertz CT molecular complexity index is 1000. The van der Waals surface area contributed by atoms with E-state index in [-0.39, 0.29) is 12.5 Å². The monoisotopic (exact) mass is 403 g/mol. The van der Waals surface area contributed by atoms with Gasteiger partial charge < -0.3 is 14.5 Å². The van der Waals surface area contributed by atoms with Crippen LogP contribution in [0.1, 0.15) is 11.1 Å². The lowest BCUT2D eigenvalue weighted by Crippen LogP contribution is -2.50. The molecule has 1 amide bonds. The summed E-state index contributed by atoms with van der Waals surface area (Å²) in [7, 11) is 0. The summed E-state index contributed by atoms with van der Waals surface area (Å²) in [6, 6.07) is 13.7. The number of rotatable bonds is 5. The van der Waals surface area contributed by atoms with Crippen molar-refractivity contribution in [2.45, 2.75) is 13.8 Å². The molecule has 3 aromatic rings. The lowest BCUT2D eigenvalue weighted by molar-refractivity contribution is -0.133. The van der Waals surface area contributed by atoms with E-state index >= 15 is 0 Å². The molecule has 0 spiro atoms. The van der Waals surface area contributed by atoms with Crippen molar-refractivity contribution in [3.63, 3.8) is 0 Å². The highest BCUT2D eigenvalue weighted by Gasteiger charge is 2.22. The van der Waals surface area contributed by atoms with Crippen molar-refractivity contribution < 1.29 is 9.53 Å². The van der Waals surface area contributed by atoms with Crippen LogP contribution >= 0.6 is 0 Å². The summed E-state index contributed by atoms with van der Waals surface area (Å²) in [6.07, 6.45) is 3.48. The molecule has 7 nitrogen and oxygen atoms in total. The summed E-state index contributed by atoms with van der Waals surface area (Å²) < 4.78 is 5.74. The lowest BCUT2D eigenvalue weighted by Gasteiger charge is -2.35. The van der Waals surface area contributed by atoms with Crippen LogP contribution in [0.3, 0.4) is 0 Å². The predicted octanol–water partition coefficient (Wildman–Crippen LogP) is 2.88. The number of pyridine rings is 1. The van der Waals surface area contributed by atoms with Crippen LogP contribution in [-0.4, -0.2) is 58.8 Å². The summed E-state index contributed by atoms with van der Waals surface area (Å²) in [4.78, 5) is 20.6. The van der Waals surface area contributed by atoms with E-state index in [0.717, 1.165) is 41.5 Å². The number of ether oxygens (including phenoxy) is 1. The van der Waals surface area contributed by atoms with Crippen LogP contribution in [0.4, 0.5) is 5.82 Å². The van der Waals surface area contributed by atoms with Crippen LogP contribution < -0.4 is 9.64 Å². The SMILES string of the molecule is Cc1ccc(OCC(=O)N2CCN(c3ccc(-c4ccncc4)nn3)CC2)c(C)c1. The zero-order valence-electron chi connectivity index (χ0n) is 17.3. The highest BCUT2D eigenvalue weighted by molar-refractivity contribution is 5.78. The van der Waals surface area contributed by atoms with Crippen molar-refractivity contribution in [1.29, 1.82) is 0 Å². The van der Waals surface area contributed by atoms with Gasteiger partial charge in [0.2, 0.25) is 0 Å². The quantitative estimate of drug-likeness (QED) is 0.652. The Kier molecular flexibility index (Phi) is 5.88. The molecule has 30 heavy (non-hydrogen) atoms. The van der Waals surface area contributed by atoms with Gasteiger partial charge in [0.05, 0.1) is 5.69 Å². The molecule has 3 heterocycles. The van der Waals surface area contributed by atoms with Crippen molar-refractivity contribution in [2.75, 3.05) is 37.7 Å². The van der Waals surface area contributed by atoms with Crippen molar-refractivity contribution >= 4 is 11.7 Å². The standard InChI is InChI=1S/C23H25N5O2/c1-17-3-5-21(18(2)15-17)30-16-23(29)28-13-11-27(12-14-28)22-6-4-20(25-26-22)19-7-9-24-10-8-19/h3-10,15H,11-14,16H2,1-2H3. The van der Waals surface area contributed by atoms with Gasteiger partial charge in [0, 0.05) is 44.1 Å². The number of carbonyl (C=O) groups is 1. The largest absolute Gasteiger partial charge is 0.484 e. The number of aryl methyl sites for hydroxylation is 2. The van der Waals surface area contributed by atoms with E-state index in [2.05, 4.69) is 26.1 Å². The summed E-state index contributed by atoms with van der Waals surface area (Å²) in [6.45, 7) is 6.82. The molecule has 154 valence electrons. The van der Waals surface area contributed by atoms with Gasteiger partial charge in [-0.1, -0.05) is 17.7 Å².